The van der Waals surface area contributed by atoms with E-state index < -0.39 is 0 Å². The van der Waals surface area contributed by atoms with Crippen molar-refractivity contribution in [3.63, 3.8) is 0 Å². The second-order valence-electron chi connectivity index (χ2n) is 4.95. The summed E-state index contributed by atoms with van der Waals surface area (Å²) in [5, 5.41) is 6.25. The maximum absolute atomic E-state index is 11.7. The first-order valence-corrected chi connectivity index (χ1v) is 6.86. The summed E-state index contributed by atoms with van der Waals surface area (Å²) in [4.78, 5) is 11.7. The summed E-state index contributed by atoms with van der Waals surface area (Å²) in [7, 11) is 0. The van der Waals surface area contributed by atoms with E-state index in [4.69, 9.17) is 0 Å². The highest BCUT2D eigenvalue weighted by molar-refractivity contribution is 5.78. The lowest BCUT2D eigenvalue weighted by Crippen LogP contribution is -2.43. The third kappa shape index (κ3) is 3.57. The molecule has 0 fully saturated rings. The Labute approximate surface area is 109 Å². The molecule has 2 rings (SSSR count). The van der Waals surface area contributed by atoms with Crippen LogP contribution in [0.2, 0.25) is 0 Å². The summed E-state index contributed by atoms with van der Waals surface area (Å²) in [6.07, 6.45) is 4.15. The number of carbonyl (C=O) groups excluding carboxylic acids is 1. The minimum atomic E-state index is 0.118. The van der Waals surface area contributed by atoms with Crippen molar-refractivity contribution >= 4 is 5.91 Å². The lowest BCUT2D eigenvalue weighted by Gasteiger charge is -2.25. The van der Waals surface area contributed by atoms with Crippen LogP contribution in [-0.2, 0) is 17.6 Å². The third-order valence-corrected chi connectivity index (χ3v) is 3.42. The molecule has 18 heavy (non-hydrogen) atoms. The van der Waals surface area contributed by atoms with Crippen LogP contribution in [0.15, 0.2) is 24.3 Å². The molecule has 0 spiro atoms. The Hall–Kier alpha value is -1.35. The Bertz CT molecular complexity index is 403. The van der Waals surface area contributed by atoms with Gasteiger partial charge in [0, 0.05) is 6.04 Å². The minimum absolute atomic E-state index is 0.118. The fourth-order valence-corrected chi connectivity index (χ4v) is 2.48. The van der Waals surface area contributed by atoms with Gasteiger partial charge in [-0.05, 0) is 43.4 Å². The number of benzene rings is 1. The largest absolute Gasteiger partial charge is 0.352 e. The monoisotopic (exact) mass is 246 g/mol. The fourth-order valence-electron chi connectivity index (χ4n) is 2.48. The molecule has 1 atom stereocenters. The number of hydrogen-bond donors (Lipinski definition) is 2. The van der Waals surface area contributed by atoms with E-state index in [9.17, 15) is 4.79 Å². The van der Waals surface area contributed by atoms with Crippen molar-refractivity contribution in [3.05, 3.63) is 35.4 Å². The number of nitrogens with one attached hydrogen (secondary N) is 2. The van der Waals surface area contributed by atoms with Gasteiger partial charge in [0.05, 0.1) is 6.54 Å². The first-order valence-electron chi connectivity index (χ1n) is 6.86. The molecule has 1 aromatic carbocycles. The van der Waals surface area contributed by atoms with Gasteiger partial charge in [-0.25, -0.2) is 0 Å². The quantitative estimate of drug-likeness (QED) is 0.776. The van der Waals surface area contributed by atoms with Gasteiger partial charge in [0.2, 0.25) is 5.91 Å². The SMILES string of the molecule is CCCNCC(=O)NC1CCc2ccccc2C1. The van der Waals surface area contributed by atoms with Crippen LogP contribution in [0.1, 0.15) is 30.9 Å². The van der Waals surface area contributed by atoms with E-state index in [1.165, 1.54) is 11.1 Å². The number of rotatable bonds is 5. The number of aryl methyl sites for hydroxylation is 1. The average Bonchev–Trinajstić information content (AvgIpc) is 2.39. The van der Waals surface area contributed by atoms with Crippen molar-refractivity contribution in [3.8, 4) is 0 Å². The molecule has 0 heterocycles. The van der Waals surface area contributed by atoms with Crippen molar-refractivity contribution in [1.29, 1.82) is 0 Å². The van der Waals surface area contributed by atoms with Crippen molar-refractivity contribution < 1.29 is 4.79 Å². The molecule has 2 N–H and O–H groups in total. The van der Waals surface area contributed by atoms with Crippen molar-refractivity contribution in [2.24, 2.45) is 0 Å². The van der Waals surface area contributed by atoms with E-state index in [2.05, 4.69) is 41.8 Å². The van der Waals surface area contributed by atoms with Crippen molar-refractivity contribution in [2.75, 3.05) is 13.1 Å². The lowest BCUT2D eigenvalue weighted by molar-refractivity contribution is -0.121. The average molecular weight is 246 g/mol. The molecule has 0 saturated carbocycles. The smallest absolute Gasteiger partial charge is 0.234 e. The van der Waals surface area contributed by atoms with Gasteiger partial charge in [0.1, 0.15) is 0 Å². The summed E-state index contributed by atoms with van der Waals surface area (Å²) >= 11 is 0. The molecule has 1 aromatic rings. The first-order chi connectivity index (χ1) is 8.79. The van der Waals surface area contributed by atoms with Gasteiger partial charge >= 0.3 is 0 Å². The third-order valence-electron chi connectivity index (χ3n) is 3.42. The number of amides is 1. The van der Waals surface area contributed by atoms with E-state index in [0.717, 1.165) is 32.2 Å². The molecule has 1 unspecified atom stereocenters. The van der Waals surface area contributed by atoms with E-state index in [-0.39, 0.29) is 5.91 Å². The highest BCUT2D eigenvalue weighted by atomic mass is 16.1. The highest BCUT2D eigenvalue weighted by Gasteiger charge is 2.19. The van der Waals surface area contributed by atoms with Crippen LogP contribution >= 0.6 is 0 Å². The van der Waals surface area contributed by atoms with Gasteiger partial charge in [-0.1, -0.05) is 31.2 Å². The Kier molecular flexibility index (Phi) is 4.76. The van der Waals surface area contributed by atoms with Gasteiger partial charge in [0.15, 0.2) is 0 Å². The van der Waals surface area contributed by atoms with Crippen LogP contribution in [0.4, 0.5) is 0 Å². The van der Waals surface area contributed by atoms with Crippen LogP contribution in [0, 0.1) is 0 Å². The molecule has 3 heteroatoms. The predicted octanol–water partition coefficient (Wildman–Crippen LogP) is 1.66. The molecule has 0 aromatic heterocycles. The Morgan fingerprint density at radius 3 is 2.89 bits per heavy atom. The van der Waals surface area contributed by atoms with E-state index in [0.29, 0.717) is 12.6 Å². The van der Waals surface area contributed by atoms with Gasteiger partial charge in [0.25, 0.3) is 0 Å². The zero-order valence-corrected chi connectivity index (χ0v) is 11.0. The van der Waals surface area contributed by atoms with Crippen LogP contribution in [-0.4, -0.2) is 25.0 Å². The minimum Gasteiger partial charge on any atom is -0.352 e. The number of fused-ring (bicyclic) bond motifs is 1. The summed E-state index contributed by atoms with van der Waals surface area (Å²) in [5.41, 5.74) is 2.82. The molecule has 98 valence electrons. The maximum atomic E-state index is 11.7. The molecule has 1 amide bonds. The summed E-state index contributed by atoms with van der Waals surface area (Å²) < 4.78 is 0. The Balaban J connectivity index is 1.80. The fraction of sp³-hybridized carbons (Fsp3) is 0.533. The predicted molar refractivity (Wildman–Crippen MR) is 73.6 cm³/mol. The first kappa shape index (κ1) is 13.1. The number of hydrogen-bond acceptors (Lipinski definition) is 2. The van der Waals surface area contributed by atoms with Crippen molar-refractivity contribution in [1.82, 2.24) is 10.6 Å². The molecule has 0 aliphatic heterocycles. The molecule has 1 aliphatic rings. The van der Waals surface area contributed by atoms with Crippen LogP contribution in [0.5, 0.6) is 0 Å². The normalized spacial score (nSPS) is 18.2. The molecule has 0 radical (unpaired) electrons. The molecule has 3 nitrogen and oxygen atoms in total. The molecular formula is C15H22N2O. The summed E-state index contributed by atoms with van der Waals surface area (Å²) in [6.45, 7) is 3.44. The highest BCUT2D eigenvalue weighted by Crippen LogP contribution is 2.20. The number of carbonyl (C=O) groups is 1. The van der Waals surface area contributed by atoms with Gasteiger partial charge in [-0.15, -0.1) is 0 Å². The second-order valence-corrected chi connectivity index (χ2v) is 4.95. The lowest BCUT2D eigenvalue weighted by atomic mass is 9.88. The summed E-state index contributed by atoms with van der Waals surface area (Å²) in [5.74, 6) is 0.118. The Morgan fingerprint density at radius 1 is 1.33 bits per heavy atom. The van der Waals surface area contributed by atoms with E-state index in [1.54, 1.807) is 0 Å². The van der Waals surface area contributed by atoms with Crippen LogP contribution in [0.3, 0.4) is 0 Å². The molecule has 0 bridgehead atoms. The van der Waals surface area contributed by atoms with Crippen molar-refractivity contribution in [2.45, 2.75) is 38.6 Å². The van der Waals surface area contributed by atoms with Crippen LogP contribution in [0.25, 0.3) is 0 Å². The van der Waals surface area contributed by atoms with Gasteiger partial charge in [-0.2, -0.15) is 0 Å². The van der Waals surface area contributed by atoms with E-state index >= 15 is 0 Å². The summed E-state index contributed by atoms with van der Waals surface area (Å²) in [6, 6.07) is 8.83. The zero-order chi connectivity index (χ0) is 12.8. The van der Waals surface area contributed by atoms with Gasteiger partial charge < -0.3 is 10.6 Å². The van der Waals surface area contributed by atoms with Crippen LogP contribution < -0.4 is 10.6 Å². The standard InChI is InChI=1S/C15H22N2O/c1-2-9-16-11-15(18)17-14-8-7-12-5-3-4-6-13(12)10-14/h3-6,14,16H,2,7-11H2,1H3,(H,17,18). The topological polar surface area (TPSA) is 41.1 Å². The van der Waals surface area contributed by atoms with E-state index in [1.807, 2.05) is 0 Å². The second kappa shape index (κ2) is 6.55. The molecule has 1 aliphatic carbocycles. The van der Waals surface area contributed by atoms with Gasteiger partial charge in [-0.3, -0.25) is 4.79 Å². The Morgan fingerprint density at radius 2 is 2.11 bits per heavy atom. The zero-order valence-electron chi connectivity index (χ0n) is 11.0. The molecular weight excluding hydrogens is 224 g/mol. The maximum Gasteiger partial charge on any atom is 0.234 e. The molecule has 0 saturated heterocycles.